The average Bonchev–Trinajstić information content (AvgIpc) is 3.03. The lowest BCUT2D eigenvalue weighted by Gasteiger charge is -2.09. The zero-order valence-corrected chi connectivity index (χ0v) is 12.5. The number of halogens is 1. The molecule has 6 heteroatoms. The van der Waals surface area contributed by atoms with Crippen molar-refractivity contribution in [1.29, 1.82) is 0 Å². The van der Waals surface area contributed by atoms with Crippen molar-refractivity contribution >= 4 is 21.8 Å². The van der Waals surface area contributed by atoms with Crippen LogP contribution in [0.1, 0.15) is 27.4 Å². The Balaban J connectivity index is 1.74. The number of carbonyl (C=O) groups is 1. The van der Waals surface area contributed by atoms with Crippen molar-refractivity contribution in [2.24, 2.45) is 0 Å². The van der Waals surface area contributed by atoms with Crippen molar-refractivity contribution in [1.82, 2.24) is 10.5 Å². The highest BCUT2D eigenvalue weighted by molar-refractivity contribution is 9.10. The third kappa shape index (κ3) is 2.56. The average molecular weight is 337 g/mol. The zero-order valence-electron chi connectivity index (χ0n) is 10.9. The summed E-state index contributed by atoms with van der Waals surface area (Å²) in [4.78, 5) is 11.9. The highest BCUT2D eigenvalue weighted by Crippen LogP contribution is 2.32. The van der Waals surface area contributed by atoms with E-state index < -0.39 is 0 Å². The molecular formula is C14H13BrN2O3. The van der Waals surface area contributed by atoms with Crippen molar-refractivity contribution in [3.63, 3.8) is 0 Å². The molecule has 2 heterocycles. The molecule has 0 saturated heterocycles. The lowest BCUT2D eigenvalue weighted by atomic mass is 10.1. The molecule has 0 unspecified atom stereocenters. The van der Waals surface area contributed by atoms with Crippen molar-refractivity contribution in [3.8, 4) is 5.75 Å². The Morgan fingerprint density at radius 1 is 1.45 bits per heavy atom. The van der Waals surface area contributed by atoms with Gasteiger partial charge in [0, 0.05) is 29.1 Å². The number of amides is 1. The van der Waals surface area contributed by atoms with Gasteiger partial charge in [-0.25, -0.2) is 0 Å². The predicted molar refractivity (Wildman–Crippen MR) is 75.8 cm³/mol. The normalized spacial score (nSPS) is 12.9. The monoisotopic (exact) mass is 336 g/mol. The fourth-order valence-corrected chi connectivity index (χ4v) is 2.77. The Morgan fingerprint density at radius 2 is 2.30 bits per heavy atom. The molecule has 1 aliphatic heterocycles. The molecule has 20 heavy (non-hydrogen) atoms. The number of hydrogen-bond donors (Lipinski definition) is 1. The summed E-state index contributed by atoms with van der Waals surface area (Å²) in [5, 5.41) is 6.51. The first-order chi connectivity index (χ1) is 9.63. The maximum Gasteiger partial charge on any atom is 0.273 e. The van der Waals surface area contributed by atoms with Crippen LogP contribution in [-0.4, -0.2) is 17.7 Å². The lowest BCUT2D eigenvalue weighted by molar-refractivity contribution is 0.0941. The highest BCUT2D eigenvalue weighted by atomic mass is 79.9. The first-order valence-electron chi connectivity index (χ1n) is 6.29. The van der Waals surface area contributed by atoms with Gasteiger partial charge < -0.3 is 14.6 Å². The lowest BCUT2D eigenvalue weighted by Crippen LogP contribution is -2.23. The number of rotatable bonds is 3. The summed E-state index contributed by atoms with van der Waals surface area (Å²) in [5.41, 5.74) is 2.41. The fourth-order valence-electron chi connectivity index (χ4n) is 2.22. The van der Waals surface area contributed by atoms with Gasteiger partial charge in [0.25, 0.3) is 5.91 Å². The van der Waals surface area contributed by atoms with E-state index in [1.807, 2.05) is 6.07 Å². The molecule has 1 amide bonds. The van der Waals surface area contributed by atoms with Gasteiger partial charge in [-0.05, 0) is 24.6 Å². The maximum atomic E-state index is 11.9. The van der Waals surface area contributed by atoms with Crippen LogP contribution in [0.15, 0.2) is 27.2 Å². The minimum atomic E-state index is -0.256. The van der Waals surface area contributed by atoms with E-state index in [0.717, 1.165) is 22.2 Å². The molecule has 5 nitrogen and oxygen atoms in total. The highest BCUT2D eigenvalue weighted by Gasteiger charge is 2.18. The Morgan fingerprint density at radius 3 is 3.05 bits per heavy atom. The molecule has 3 rings (SSSR count). The molecule has 0 fully saturated rings. The molecule has 1 N–H and O–H groups in total. The topological polar surface area (TPSA) is 64.4 Å². The van der Waals surface area contributed by atoms with Gasteiger partial charge in [0.05, 0.1) is 6.61 Å². The summed E-state index contributed by atoms with van der Waals surface area (Å²) in [7, 11) is 0. The van der Waals surface area contributed by atoms with E-state index in [4.69, 9.17) is 9.26 Å². The van der Waals surface area contributed by atoms with Gasteiger partial charge >= 0.3 is 0 Å². The molecule has 1 aromatic carbocycles. The Labute approximate surface area is 124 Å². The molecule has 104 valence electrons. The van der Waals surface area contributed by atoms with E-state index in [1.165, 1.54) is 5.56 Å². The Hall–Kier alpha value is -1.82. The van der Waals surface area contributed by atoms with Crippen molar-refractivity contribution in [3.05, 3.63) is 45.3 Å². The van der Waals surface area contributed by atoms with Crippen LogP contribution in [0.5, 0.6) is 5.75 Å². The third-order valence-corrected chi connectivity index (χ3v) is 3.58. The molecule has 0 spiro atoms. The number of aromatic nitrogens is 1. The summed E-state index contributed by atoms with van der Waals surface area (Å²) in [6.45, 7) is 2.83. The smallest absolute Gasteiger partial charge is 0.273 e. The summed E-state index contributed by atoms with van der Waals surface area (Å²) < 4.78 is 11.5. The summed E-state index contributed by atoms with van der Waals surface area (Å²) in [6, 6.07) is 5.62. The van der Waals surface area contributed by atoms with E-state index >= 15 is 0 Å². The second-order valence-electron chi connectivity index (χ2n) is 4.66. The van der Waals surface area contributed by atoms with E-state index in [9.17, 15) is 4.79 Å². The number of nitrogens with zero attached hydrogens (tertiary/aromatic N) is 1. The van der Waals surface area contributed by atoms with Gasteiger partial charge in [-0.15, -0.1) is 0 Å². The van der Waals surface area contributed by atoms with E-state index in [0.29, 0.717) is 18.9 Å². The largest absolute Gasteiger partial charge is 0.493 e. The summed E-state index contributed by atoms with van der Waals surface area (Å²) >= 11 is 3.48. The number of carbonyl (C=O) groups excluding carboxylic acids is 1. The summed E-state index contributed by atoms with van der Waals surface area (Å²) in [5.74, 6) is 1.24. The van der Waals surface area contributed by atoms with Crippen LogP contribution >= 0.6 is 15.9 Å². The molecule has 2 aromatic rings. The van der Waals surface area contributed by atoms with Gasteiger partial charge in [-0.1, -0.05) is 21.1 Å². The second kappa shape index (κ2) is 5.28. The molecular weight excluding hydrogens is 324 g/mol. The van der Waals surface area contributed by atoms with E-state index in [1.54, 1.807) is 13.0 Å². The number of hydrogen-bond acceptors (Lipinski definition) is 4. The number of aryl methyl sites for hydroxylation is 1. The predicted octanol–water partition coefficient (Wildman–Crippen LogP) is 2.61. The van der Waals surface area contributed by atoms with Gasteiger partial charge in [0.2, 0.25) is 0 Å². The molecule has 1 aromatic heterocycles. The first-order valence-corrected chi connectivity index (χ1v) is 7.08. The maximum absolute atomic E-state index is 11.9. The number of fused-ring (bicyclic) bond motifs is 1. The van der Waals surface area contributed by atoms with Crippen molar-refractivity contribution in [2.75, 3.05) is 6.61 Å². The van der Waals surface area contributed by atoms with Crippen molar-refractivity contribution < 1.29 is 14.1 Å². The standard InChI is InChI=1S/C14H13BrN2O3/c1-8-4-12(17-20-8)14(18)16-7-10-6-11(15)5-9-2-3-19-13(9)10/h4-6H,2-3,7H2,1H3,(H,16,18). The van der Waals surface area contributed by atoms with Gasteiger partial charge in [0.15, 0.2) is 5.69 Å². The van der Waals surface area contributed by atoms with Crippen LogP contribution in [0.25, 0.3) is 0 Å². The Kier molecular flexibility index (Phi) is 3.48. The van der Waals surface area contributed by atoms with E-state index in [-0.39, 0.29) is 11.6 Å². The Bertz CT molecular complexity index is 666. The van der Waals surface area contributed by atoms with Crippen LogP contribution in [-0.2, 0) is 13.0 Å². The molecule has 0 bridgehead atoms. The third-order valence-electron chi connectivity index (χ3n) is 3.13. The number of benzene rings is 1. The number of nitrogens with one attached hydrogen (secondary N) is 1. The molecule has 0 radical (unpaired) electrons. The van der Waals surface area contributed by atoms with Crippen LogP contribution in [0, 0.1) is 6.92 Å². The minimum Gasteiger partial charge on any atom is -0.493 e. The molecule has 0 aliphatic carbocycles. The van der Waals surface area contributed by atoms with Crippen LogP contribution in [0.2, 0.25) is 0 Å². The van der Waals surface area contributed by atoms with E-state index in [2.05, 4.69) is 32.5 Å². The second-order valence-corrected chi connectivity index (χ2v) is 5.57. The van der Waals surface area contributed by atoms with Gasteiger partial charge in [-0.2, -0.15) is 0 Å². The van der Waals surface area contributed by atoms with Crippen LogP contribution in [0.3, 0.4) is 0 Å². The van der Waals surface area contributed by atoms with Crippen molar-refractivity contribution in [2.45, 2.75) is 19.9 Å². The quantitative estimate of drug-likeness (QED) is 0.935. The molecule has 1 aliphatic rings. The van der Waals surface area contributed by atoms with Crippen LogP contribution < -0.4 is 10.1 Å². The van der Waals surface area contributed by atoms with Gasteiger partial charge in [-0.3, -0.25) is 4.79 Å². The minimum absolute atomic E-state index is 0.256. The zero-order chi connectivity index (χ0) is 14.1. The first kappa shape index (κ1) is 13.2. The summed E-state index contributed by atoms with van der Waals surface area (Å²) in [6.07, 6.45) is 0.901. The molecule has 0 atom stereocenters. The molecule has 0 saturated carbocycles. The SMILES string of the molecule is Cc1cc(C(=O)NCc2cc(Br)cc3c2OCC3)no1. The number of ether oxygens (including phenoxy) is 1. The fraction of sp³-hybridized carbons (Fsp3) is 0.286. The van der Waals surface area contributed by atoms with Gasteiger partial charge in [0.1, 0.15) is 11.5 Å². The van der Waals surface area contributed by atoms with Crippen LogP contribution in [0.4, 0.5) is 0 Å².